The van der Waals surface area contributed by atoms with E-state index in [1.54, 1.807) is 13.3 Å². The Morgan fingerprint density at radius 2 is 2.45 bits per heavy atom. The molecule has 0 fully saturated rings. The van der Waals surface area contributed by atoms with Crippen molar-refractivity contribution < 1.29 is 4.74 Å². The quantitative estimate of drug-likeness (QED) is 0.754. The lowest BCUT2D eigenvalue weighted by Crippen LogP contribution is -1.90. The number of methoxy groups -OCH3 is 1. The molecule has 0 bridgehead atoms. The van der Waals surface area contributed by atoms with E-state index in [0.29, 0.717) is 5.88 Å². The van der Waals surface area contributed by atoms with Crippen LogP contribution in [0.1, 0.15) is 5.56 Å². The second-order valence-electron chi connectivity index (χ2n) is 1.97. The molecule has 0 aromatic carbocycles. The number of nitrogens with zero attached hydrogens (tertiary/aromatic N) is 1. The zero-order valence-electron chi connectivity index (χ0n) is 6.17. The molecule has 0 aliphatic carbocycles. The van der Waals surface area contributed by atoms with Crippen LogP contribution in [0.5, 0.6) is 5.88 Å². The van der Waals surface area contributed by atoms with Crippen molar-refractivity contribution in [3.05, 3.63) is 30.5 Å². The van der Waals surface area contributed by atoms with Gasteiger partial charge in [0.15, 0.2) is 0 Å². The number of rotatable bonds is 2. The van der Waals surface area contributed by atoms with Crippen LogP contribution < -0.4 is 4.74 Å². The normalized spacial score (nSPS) is 9.27. The van der Waals surface area contributed by atoms with Gasteiger partial charge in [0.25, 0.3) is 0 Å². The molecule has 0 amide bonds. The summed E-state index contributed by atoms with van der Waals surface area (Å²) in [5.74, 6) is 0.592. The minimum absolute atomic E-state index is 0.592. The number of halogens is 1. The monoisotopic (exact) mass is 213 g/mol. The molecule has 1 rings (SSSR count). The zero-order valence-corrected chi connectivity index (χ0v) is 7.76. The molecule has 3 heteroatoms. The van der Waals surface area contributed by atoms with E-state index >= 15 is 0 Å². The Labute approximate surface area is 74.0 Å². The highest BCUT2D eigenvalue weighted by atomic mass is 79.9. The summed E-state index contributed by atoms with van der Waals surface area (Å²) in [6.07, 6.45) is 1.68. The lowest BCUT2D eigenvalue weighted by Gasteiger charge is -2.03. The van der Waals surface area contributed by atoms with Gasteiger partial charge >= 0.3 is 0 Å². The van der Waals surface area contributed by atoms with Crippen LogP contribution in [0.3, 0.4) is 0 Å². The van der Waals surface area contributed by atoms with Crippen molar-refractivity contribution in [2.45, 2.75) is 0 Å². The summed E-state index contributed by atoms with van der Waals surface area (Å²) in [4.78, 5) is 4.01. The van der Waals surface area contributed by atoms with Gasteiger partial charge in [0, 0.05) is 10.7 Å². The van der Waals surface area contributed by atoms with Crippen LogP contribution in [0.15, 0.2) is 24.9 Å². The van der Waals surface area contributed by atoms with Gasteiger partial charge < -0.3 is 4.74 Å². The van der Waals surface area contributed by atoms with Gasteiger partial charge in [-0.25, -0.2) is 4.98 Å². The molecular weight excluding hydrogens is 206 g/mol. The van der Waals surface area contributed by atoms with Gasteiger partial charge in [-0.2, -0.15) is 0 Å². The van der Waals surface area contributed by atoms with Gasteiger partial charge in [0.05, 0.1) is 12.7 Å². The highest BCUT2D eigenvalue weighted by Gasteiger charge is 2.02. The summed E-state index contributed by atoms with van der Waals surface area (Å²) in [5.41, 5.74) is 0.884. The minimum atomic E-state index is 0.592. The first-order chi connectivity index (χ1) is 5.25. The van der Waals surface area contributed by atoms with Crippen LogP contribution in [-0.2, 0) is 0 Å². The van der Waals surface area contributed by atoms with Gasteiger partial charge in [-0.1, -0.05) is 22.5 Å². The SMILES string of the molecule is C=C(Br)c1cccnc1OC. The average Bonchev–Trinajstić information content (AvgIpc) is 2.04. The van der Waals surface area contributed by atoms with E-state index in [1.807, 2.05) is 12.1 Å². The fraction of sp³-hybridized carbons (Fsp3) is 0.125. The summed E-state index contributed by atoms with van der Waals surface area (Å²) >= 11 is 3.26. The molecule has 11 heavy (non-hydrogen) atoms. The minimum Gasteiger partial charge on any atom is -0.481 e. The Morgan fingerprint density at radius 1 is 1.73 bits per heavy atom. The summed E-state index contributed by atoms with van der Waals surface area (Å²) in [6, 6.07) is 3.73. The molecule has 0 unspecified atom stereocenters. The van der Waals surface area contributed by atoms with Gasteiger partial charge in [-0.05, 0) is 12.1 Å². The van der Waals surface area contributed by atoms with E-state index in [9.17, 15) is 0 Å². The van der Waals surface area contributed by atoms with Crippen LogP contribution in [0.25, 0.3) is 4.48 Å². The molecule has 1 aromatic heterocycles. The van der Waals surface area contributed by atoms with Crippen molar-refractivity contribution in [2.75, 3.05) is 7.11 Å². The first-order valence-corrected chi connectivity index (χ1v) is 3.89. The molecular formula is C8H8BrNO. The molecule has 1 aromatic rings. The third kappa shape index (κ3) is 1.80. The maximum atomic E-state index is 5.00. The fourth-order valence-corrected chi connectivity index (χ4v) is 1.06. The number of aromatic nitrogens is 1. The third-order valence-electron chi connectivity index (χ3n) is 1.26. The Kier molecular flexibility index (Phi) is 2.65. The van der Waals surface area contributed by atoms with E-state index in [1.165, 1.54) is 0 Å². The molecule has 0 saturated heterocycles. The van der Waals surface area contributed by atoms with Crippen molar-refractivity contribution in [3.63, 3.8) is 0 Å². The molecule has 1 heterocycles. The molecule has 0 aliphatic rings. The van der Waals surface area contributed by atoms with Crippen LogP contribution in [0, 0.1) is 0 Å². The van der Waals surface area contributed by atoms with Crippen molar-refractivity contribution in [3.8, 4) is 5.88 Å². The Balaban J connectivity index is 3.12. The standard InChI is InChI=1S/C8H8BrNO/c1-6(9)7-4-3-5-10-8(7)11-2/h3-5H,1H2,2H3. The van der Waals surface area contributed by atoms with E-state index < -0.39 is 0 Å². The smallest absolute Gasteiger partial charge is 0.221 e. The Bertz CT molecular complexity index is 273. The van der Waals surface area contributed by atoms with Gasteiger partial charge in [0.2, 0.25) is 5.88 Å². The maximum absolute atomic E-state index is 5.00. The molecule has 0 saturated carbocycles. The Hall–Kier alpha value is -0.830. The van der Waals surface area contributed by atoms with Gasteiger partial charge in [0.1, 0.15) is 0 Å². The first-order valence-electron chi connectivity index (χ1n) is 3.09. The highest BCUT2D eigenvalue weighted by molar-refractivity contribution is 9.15. The molecule has 2 nitrogen and oxygen atoms in total. The molecule has 0 spiro atoms. The van der Waals surface area contributed by atoms with Crippen LogP contribution >= 0.6 is 15.9 Å². The zero-order chi connectivity index (χ0) is 8.27. The summed E-state index contributed by atoms with van der Waals surface area (Å²) < 4.78 is 5.78. The second kappa shape index (κ2) is 3.53. The topological polar surface area (TPSA) is 22.1 Å². The number of hydrogen-bond acceptors (Lipinski definition) is 2. The predicted octanol–water partition coefficient (Wildman–Crippen LogP) is 2.46. The highest BCUT2D eigenvalue weighted by Crippen LogP contribution is 2.25. The summed E-state index contributed by atoms with van der Waals surface area (Å²) in [7, 11) is 1.59. The lowest BCUT2D eigenvalue weighted by molar-refractivity contribution is 0.397. The molecule has 0 radical (unpaired) electrons. The second-order valence-corrected chi connectivity index (χ2v) is 2.92. The van der Waals surface area contributed by atoms with Crippen molar-refractivity contribution >= 4 is 20.4 Å². The predicted molar refractivity (Wildman–Crippen MR) is 48.8 cm³/mol. The third-order valence-corrected chi connectivity index (χ3v) is 1.68. The average molecular weight is 214 g/mol. The number of pyridine rings is 1. The lowest BCUT2D eigenvalue weighted by atomic mass is 10.3. The Morgan fingerprint density at radius 3 is 2.91 bits per heavy atom. The van der Waals surface area contributed by atoms with E-state index in [4.69, 9.17) is 4.74 Å². The van der Waals surface area contributed by atoms with Crippen LogP contribution in [0.2, 0.25) is 0 Å². The summed E-state index contributed by atoms with van der Waals surface area (Å²) in [6.45, 7) is 3.73. The van der Waals surface area contributed by atoms with E-state index in [-0.39, 0.29) is 0 Å². The molecule has 58 valence electrons. The van der Waals surface area contributed by atoms with E-state index in [2.05, 4.69) is 27.5 Å². The molecule has 0 atom stereocenters. The van der Waals surface area contributed by atoms with E-state index in [0.717, 1.165) is 10.0 Å². The maximum Gasteiger partial charge on any atom is 0.221 e. The number of hydrogen-bond donors (Lipinski definition) is 0. The van der Waals surface area contributed by atoms with Crippen molar-refractivity contribution in [2.24, 2.45) is 0 Å². The van der Waals surface area contributed by atoms with Crippen LogP contribution in [0.4, 0.5) is 0 Å². The fourth-order valence-electron chi connectivity index (χ4n) is 0.760. The summed E-state index contributed by atoms with van der Waals surface area (Å²) in [5, 5.41) is 0. The number of ether oxygens (including phenoxy) is 1. The molecule has 0 aliphatic heterocycles. The van der Waals surface area contributed by atoms with Crippen molar-refractivity contribution in [1.82, 2.24) is 4.98 Å². The van der Waals surface area contributed by atoms with Gasteiger partial charge in [-0.15, -0.1) is 0 Å². The van der Waals surface area contributed by atoms with Gasteiger partial charge in [-0.3, -0.25) is 0 Å². The molecule has 0 N–H and O–H groups in total. The largest absolute Gasteiger partial charge is 0.481 e. The first kappa shape index (κ1) is 8.27. The van der Waals surface area contributed by atoms with Crippen LogP contribution in [-0.4, -0.2) is 12.1 Å². The van der Waals surface area contributed by atoms with Crippen molar-refractivity contribution in [1.29, 1.82) is 0 Å².